The number of fused-ring (bicyclic) bond motifs is 1. The number of pyridine rings is 1. The van der Waals surface area contributed by atoms with Gasteiger partial charge in [0.25, 0.3) is 5.91 Å². The van der Waals surface area contributed by atoms with Crippen molar-refractivity contribution in [3.8, 4) is 11.3 Å². The highest BCUT2D eigenvalue weighted by Gasteiger charge is 2.15. The zero-order chi connectivity index (χ0) is 14.8. The van der Waals surface area contributed by atoms with Crippen molar-refractivity contribution in [3.63, 3.8) is 0 Å². The number of aromatic nitrogens is 1. The highest BCUT2D eigenvalue weighted by molar-refractivity contribution is 5.93. The SMILES string of the molecule is CN(C)C(=O)c1ccc(-c2cccc3c2CCNC3)nc1. The van der Waals surface area contributed by atoms with Crippen LogP contribution in [0.15, 0.2) is 36.5 Å². The Bertz CT molecular complexity index is 662. The summed E-state index contributed by atoms with van der Waals surface area (Å²) in [6.45, 7) is 1.92. The molecule has 1 amide bonds. The molecule has 3 rings (SSSR count). The molecule has 108 valence electrons. The fourth-order valence-electron chi connectivity index (χ4n) is 2.71. The van der Waals surface area contributed by atoms with Gasteiger partial charge in [0, 0.05) is 32.4 Å². The third-order valence-electron chi connectivity index (χ3n) is 3.83. The molecule has 1 aromatic heterocycles. The maximum Gasteiger partial charge on any atom is 0.254 e. The van der Waals surface area contributed by atoms with E-state index < -0.39 is 0 Å². The van der Waals surface area contributed by atoms with Gasteiger partial charge in [0.1, 0.15) is 0 Å². The van der Waals surface area contributed by atoms with Crippen LogP contribution in [0.25, 0.3) is 11.3 Å². The van der Waals surface area contributed by atoms with E-state index in [-0.39, 0.29) is 5.91 Å². The van der Waals surface area contributed by atoms with Crippen LogP contribution in [0.3, 0.4) is 0 Å². The molecule has 21 heavy (non-hydrogen) atoms. The molecule has 1 aromatic carbocycles. The van der Waals surface area contributed by atoms with E-state index in [2.05, 4.69) is 28.5 Å². The minimum Gasteiger partial charge on any atom is -0.345 e. The molecule has 0 fully saturated rings. The van der Waals surface area contributed by atoms with Gasteiger partial charge in [0.2, 0.25) is 0 Å². The van der Waals surface area contributed by atoms with Gasteiger partial charge < -0.3 is 10.2 Å². The minimum absolute atomic E-state index is 0.0201. The van der Waals surface area contributed by atoms with Crippen molar-refractivity contribution in [2.75, 3.05) is 20.6 Å². The molecule has 1 N–H and O–H groups in total. The number of benzene rings is 1. The Balaban J connectivity index is 1.96. The standard InChI is InChI=1S/C17H19N3O/c1-20(2)17(21)13-6-7-16(19-11-13)15-5-3-4-12-10-18-9-8-14(12)15/h3-7,11,18H,8-10H2,1-2H3. The third-order valence-corrected chi connectivity index (χ3v) is 3.83. The first-order valence-electron chi connectivity index (χ1n) is 7.16. The van der Waals surface area contributed by atoms with Crippen molar-refractivity contribution in [2.24, 2.45) is 0 Å². The van der Waals surface area contributed by atoms with E-state index in [9.17, 15) is 4.79 Å². The molecule has 0 saturated carbocycles. The summed E-state index contributed by atoms with van der Waals surface area (Å²) in [4.78, 5) is 18.0. The van der Waals surface area contributed by atoms with Crippen LogP contribution in [0.5, 0.6) is 0 Å². The lowest BCUT2D eigenvalue weighted by Crippen LogP contribution is -2.24. The lowest BCUT2D eigenvalue weighted by atomic mass is 9.93. The molecular weight excluding hydrogens is 262 g/mol. The van der Waals surface area contributed by atoms with Crippen LogP contribution in [0, 0.1) is 0 Å². The van der Waals surface area contributed by atoms with E-state index in [1.165, 1.54) is 16.7 Å². The van der Waals surface area contributed by atoms with Crippen molar-refractivity contribution >= 4 is 5.91 Å². The van der Waals surface area contributed by atoms with Crippen LogP contribution in [0.1, 0.15) is 21.5 Å². The van der Waals surface area contributed by atoms with Gasteiger partial charge in [-0.05, 0) is 36.2 Å². The van der Waals surface area contributed by atoms with Crippen molar-refractivity contribution in [3.05, 3.63) is 53.2 Å². The zero-order valence-electron chi connectivity index (χ0n) is 12.4. The quantitative estimate of drug-likeness (QED) is 0.917. The minimum atomic E-state index is -0.0201. The molecule has 4 nitrogen and oxygen atoms in total. The smallest absolute Gasteiger partial charge is 0.254 e. The highest BCUT2D eigenvalue weighted by atomic mass is 16.2. The Morgan fingerprint density at radius 3 is 2.81 bits per heavy atom. The number of nitrogens with zero attached hydrogens (tertiary/aromatic N) is 2. The van der Waals surface area contributed by atoms with Gasteiger partial charge >= 0.3 is 0 Å². The third kappa shape index (κ3) is 2.67. The molecule has 2 aromatic rings. The van der Waals surface area contributed by atoms with Gasteiger partial charge in [-0.15, -0.1) is 0 Å². The first kappa shape index (κ1) is 13.8. The number of amides is 1. The molecule has 4 heteroatoms. The molecule has 0 bridgehead atoms. The maximum atomic E-state index is 11.9. The molecule has 0 atom stereocenters. The molecule has 0 saturated heterocycles. The summed E-state index contributed by atoms with van der Waals surface area (Å²) in [6, 6.07) is 10.1. The second-order valence-electron chi connectivity index (χ2n) is 5.50. The van der Waals surface area contributed by atoms with E-state index >= 15 is 0 Å². The van der Waals surface area contributed by atoms with Gasteiger partial charge in [-0.1, -0.05) is 18.2 Å². The second kappa shape index (κ2) is 5.66. The van der Waals surface area contributed by atoms with Crippen molar-refractivity contribution < 1.29 is 4.79 Å². The first-order valence-corrected chi connectivity index (χ1v) is 7.16. The largest absolute Gasteiger partial charge is 0.345 e. The van der Waals surface area contributed by atoms with Gasteiger partial charge in [0.05, 0.1) is 11.3 Å². The average molecular weight is 281 g/mol. The van der Waals surface area contributed by atoms with E-state index in [0.717, 1.165) is 25.2 Å². The normalized spacial score (nSPS) is 13.6. The monoisotopic (exact) mass is 281 g/mol. The molecule has 1 aliphatic rings. The molecule has 0 spiro atoms. The zero-order valence-corrected chi connectivity index (χ0v) is 12.4. The lowest BCUT2D eigenvalue weighted by molar-refractivity contribution is 0.0827. The molecule has 1 aliphatic heterocycles. The predicted octanol–water partition coefficient (Wildman–Crippen LogP) is 2.10. The van der Waals surface area contributed by atoms with Crippen molar-refractivity contribution in [1.29, 1.82) is 0 Å². The summed E-state index contributed by atoms with van der Waals surface area (Å²) >= 11 is 0. The van der Waals surface area contributed by atoms with Crippen molar-refractivity contribution in [2.45, 2.75) is 13.0 Å². The molecule has 0 aliphatic carbocycles. The number of nitrogens with one attached hydrogen (secondary N) is 1. The van der Waals surface area contributed by atoms with Crippen LogP contribution in [0.4, 0.5) is 0 Å². The summed E-state index contributed by atoms with van der Waals surface area (Å²) in [5.74, 6) is -0.0201. The van der Waals surface area contributed by atoms with Crippen LogP contribution in [-0.2, 0) is 13.0 Å². The van der Waals surface area contributed by atoms with E-state index in [1.54, 1.807) is 25.2 Å². The molecular formula is C17H19N3O. The number of hydrogen-bond donors (Lipinski definition) is 1. The van der Waals surface area contributed by atoms with Gasteiger partial charge in [-0.3, -0.25) is 9.78 Å². The number of rotatable bonds is 2. The van der Waals surface area contributed by atoms with E-state index in [1.807, 2.05) is 12.1 Å². The maximum absolute atomic E-state index is 11.9. The summed E-state index contributed by atoms with van der Waals surface area (Å²) in [5, 5.41) is 3.39. The number of hydrogen-bond acceptors (Lipinski definition) is 3. The Kier molecular flexibility index (Phi) is 3.71. The highest BCUT2D eigenvalue weighted by Crippen LogP contribution is 2.27. The summed E-state index contributed by atoms with van der Waals surface area (Å²) < 4.78 is 0. The summed E-state index contributed by atoms with van der Waals surface area (Å²) in [5.41, 5.74) is 5.45. The average Bonchev–Trinajstić information content (AvgIpc) is 2.53. The van der Waals surface area contributed by atoms with Gasteiger partial charge in [-0.2, -0.15) is 0 Å². The Hall–Kier alpha value is -2.20. The second-order valence-corrected chi connectivity index (χ2v) is 5.50. The van der Waals surface area contributed by atoms with Crippen LogP contribution in [-0.4, -0.2) is 36.4 Å². The topological polar surface area (TPSA) is 45.2 Å². The van der Waals surface area contributed by atoms with E-state index in [4.69, 9.17) is 0 Å². The van der Waals surface area contributed by atoms with E-state index in [0.29, 0.717) is 5.56 Å². The van der Waals surface area contributed by atoms with Crippen LogP contribution >= 0.6 is 0 Å². The van der Waals surface area contributed by atoms with Gasteiger partial charge in [0.15, 0.2) is 0 Å². The van der Waals surface area contributed by atoms with Crippen molar-refractivity contribution in [1.82, 2.24) is 15.2 Å². The lowest BCUT2D eigenvalue weighted by Gasteiger charge is -2.20. The number of carbonyl (C=O) groups excluding carboxylic acids is 1. The first-order chi connectivity index (χ1) is 10.2. The Morgan fingerprint density at radius 1 is 1.24 bits per heavy atom. The Labute approximate surface area is 124 Å². The van der Waals surface area contributed by atoms with Gasteiger partial charge in [-0.25, -0.2) is 0 Å². The van der Waals surface area contributed by atoms with Crippen LogP contribution < -0.4 is 5.32 Å². The fourth-order valence-corrected chi connectivity index (χ4v) is 2.71. The molecule has 0 unspecified atom stereocenters. The fraction of sp³-hybridized carbons (Fsp3) is 0.294. The molecule has 0 radical (unpaired) electrons. The Morgan fingerprint density at radius 2 is 2.10 bits per heavy atom. The van der Waals surface area contributed by atoms with Crippen LogP contribution in [0.2, 0.25) is 0 Å². The summed E-state index contributed by atoms with van der Waals surface area (Å²) in [6.07, 6.45) is 2.68. The summed E-state index contributed by atoms with van der Waals surface area (Å²) in [7, 11) is 3.49. The number of carbonyl (C=O) groups is 1. The molecule has 2 heterocycles. The predicted molar refractivity (Wildman–Crippen MR) is 83.1 cm³/mol.